The number of carbonyl (C=O) groups is 1. The lowest BCUT2D eigenvalue weighted by Crippen LogP contribution is -2.57. The summed E-state index contributed by atoms with van der Waals surface area (Å²) < 4.78 is 4.89. The third-order valence-electron chi connectivity index (χ3n) is 3.26. The molecule has 0 spiro atoms. The fourth-order valence-corrected chi connectivity index (χ4v) is 2.38. The lowest BCUT2D eigenvalue weighted by atomic mass is 9.84. The van der Waals surface area contributed by atoms with Crippen LogP contribution in [0.5, 0.6) is 0 Å². The number of nitrogens with one attached hydrogen (secondary N) is 1. The molecule has 1 aliphatic heterocycles. The van der Waals surface area contributed by atoms with Crippen molar-refractivity contribution in [3.63, 3.8) is 0 Å². The van der Waals surface area contributed by atoms with E-state index in [-0.39, 0.29) is 11.5 Å². The van der Waals surface area contributed by atoms with Crippen LogP contribution in [0.15, 0.2) is 0 Å². The fourth-order valence-electron chi connectivity index (χ4n) is 2.38. The second-order valence-corrected chi connectivity index (χ2v) is 4.12. The third kappa shape index (κ3) is 1.46. The predicted molar refractivity (Wildman–Crippen MR) is 49.3 cm³/mol. The van der Waals surface area contributed by atoms with Crippen LogP contribution in [0.1, 0.15) is 32.1 Å². The largest absolute Gasteiger partial charge is 0.468 e. The Bertz CT molecular complexity index is 205. The van der Waals surface area contributed by atoms with E-state index in [1.807, 2.05) is 0 Å². The smallest absolute Gasteiger partial charge is 0.326 e. The Morgan fingerprint density at radius 1 is 1.46 bits per heavy atom. The van der Waals surface area contributed by atoms with Gasteiger partial charge in [-0.3, -0.25) is 4.79 Å². The van der Waals surface area contributed by atoms with Crippen molar-refractivity contribution in [1.82, 2.24) is 5.32 Å². The molecule has 3 heteroatoms. The monoisotopic (exact) mass is 183 g/mol. The van der Waals surface area contributed by atoms with E-state index in [4.69, 9.17) is 4.74 Å². The zero-order chi connectivity index (χ0) is 9.31. The van der Waals surface area contributed by atoms with E-state index in [0.717, 1.165) is 19.4 Å². The first-order valence-corrected chi connectivity index (χ1v) is 5.13. The zero-order valence-corrected chi connectivity index (χ0v) is 8.14. The maximum absolute atomic E-state index is 11.7. The minimum atomic E-state index is -0.312. The number of ether oxygens (including phenoxy) is 1. The van der Waals surface area contributed by atoms with Crippen molar-refractivity contribution >= 4 is 5.97 Å². The standard InChI is InChI=1S/C10H17NO2/c1-13-9(12)10(8-4-5-8)6-2-3-7-11-10/h8,11H,2-7H2,1H3. The van der Waals surface area contributed by atoms with E-state index in [9.17, 15) is 4.79 Å². The molecule has 2 aliphatic rings. The number of carbonyl (C=O) groups excluding carboxylic acids is 1. The number of esters is 1. The number of methoxy groups -OCH3 is 1. The molecule has 3 nitrogen and oxygen atoms in total. The van der Waals surface area contributed by atoms with Crippen molar-refractivity contribution in [2.75, 3.05) is 13.7 Å². The van der Waals surface area contributed by atoms with Crippen molar-refractivity contribution < 1.29 is 9.53 Å². The van der Waals surface area contributed by atoms with Crippen LogP contribution < -0.4 is 5.32 Å². The Kier molecular flexibility index (Phi) is 2.28. The molecule has 13 heavy (non-hydrogen) atoms. The van der Waals surface area contributed by atoms with Gasteiger partial charge in [-0.2, -0.15) is 0 Å². The van der Waals surface area contributed by atoms with Crippen LogP contribution in [-0.4, -0.2) is 25.2 Å². The molecule has 1 aliphatic carbocycles. The molecule has 1 N–H and O–H groups in total. The van der Waals surface area contributed by atoms with Crippen LogP contribution in [0.4, 0.5) is 0 Å². The van der Waals surface area contributed by atoms with E-state index < -0.39 is 0 Å². The summed E-state index contributed by atoms with van der Waals surface area (Å²) in [5, 5.41) is 3.37. The van der Waals surface area contributed by atoms with Gasteiger partial charge >= 0.3 is 5.97 Å². The van der Waals surface area contributed by atoms with E-state index in [0.29, 0.717) is 5.92 Å². The summed E-state index contributed by atoms with van der Waals surface area (Å²) in [5.74, 6) is 0.495. The SMILES string of the molecule is COC(=O)C1(C2CC2)CCCCN1. The molecule has 0 bridgehead atoms. The lowest BCUT2D eigenvalue weighted by molar-refractivity contribution is -0.150. The number of piperidine rings is 1. The molecule has 0 aromatic rings. The first kappa shape index (κ1) is 9.00. The summed E-state index contributed by atoms with van der Waals surface area (Å²) in [6.07, 6.45) is 5.67. The summed E-state index contributed by atoms with van der Waals surface area (Å²) >= 11 is 0. The van der Waals surface area contributed by atoms with Gasteiger partial charge in [-0.1, -0.05) is 0 Å². The molecule has 1 atom stereocenters. The lowest BCUT2D eigenvalue weighted by Gasteiger charge is -2.35. The highest BCUT2D eigenvalue weighted by molar-refractivity contribution is 5.81. The van der Waals surface area contributed by atoms with Crippen molar-refractivity contribution in [2.45, 2.75) is 37.6 Å². The highest BCUT2D eigenvalue weighted by Gasteiger charge is 2.51. The average Bonchev–Trinajstić information content (AvgIpc) is 3.01. The van der Waals surface area contributed by atoms with E-state index in [1.165, 1.54) is 26.4 Å². The van der Waals surface area contributed by atoms with E-state index in [1.54, 1.807) is 0 Å². The van der Waals surface area contributed by atoms with Gasteiger partial charge in [0.15, 0.2) is 0 Å². The van der Waals surface area contributed by atoms with Gasteiger partial charge in [0, 0.05) is 0 Å². The molecular formula is C10H17NO2. The summed E-state index contributed by atoms with van der Waals surface area (Å²) in [6.45, 7) is 0.964. The third-order valence-corrected chi connectivity index (χ3v) is 3.26. The van der Waals surface area contributed by atoms with Gasteiger partial charge in [-0.25, -0.2) is 0 Å². The predicted octanol–water partition coefficient (Wildman–Crippen LogP) is 1.08. The molecule has 2 fully saturated rings. The molecule has 0 aromatic heterocycles. The fraction of sp³-hybridized carbons (Fsp3) is 0.900. The molecule has 74 valence electrons. The van der Waals surface area contributed by atoms with Crippen LogP contribution in [0, 0.1) is 5.92 Å². The van der Waals surface area contributed by atoms with Gasteiger partial charge in [0.25, 0.3) is 0 Å². The molecule has 2 rings (SSSR count). The van der Waals surface area contributed by atoms with Crippen molar-refractivity contribution in [3.8, 4) is 0 Å². The van der Waals surface area contributed by atoms with Gasteiger partial charge in [-0.05, 0) is 44.6 Å². The molecule has 0 aromatic carbocycles. The molecule has 1 saturated heterocycles. The minimum absolute atomic E-state index is 0.0466. The maximum atomic E-state index is 11.7. The Morgan fingerprint density at radius 3 is 2.69 bits per heavy atom. The first-order chi connectivity index (χ1) is 6.29. The van der Waals surface area contributed by atoms with Crippen LogP contribution in [0.3, 0.4) is 0 Å². The summed E-state index contributed by atoms with van der Waals surface area (Å²) in [5.41, 5.74) is -0.312. The van der Waals surface area contributed by atoms with Gasteiger partial charge in [-0.15, -0.1) is 0 Å². The highest BCUT2D eigenvalue weighted by Crippen LogP contribution is 2.44. The van der Waals surface area contributed by atoms with Crippen LogP contribution >= 0.6 is 0 Å². The molecule has 0 radical (unpaired) electrons. The number of hydrogen-bond donors (Lipinski definition) is 1. The molecule has 1 unspecified atom stereocenters. The van der Waals surface area contributed by atoms with Crippen molar-refractivity contribution in [1.29, 1.82) is 0 Å². The summed E-state index contributed by atoms with van der Waals surface area (Å²) in [4.78, 5) is 11.7. The van der Waals surface area contributed by atoms with Gasteiger partial charge in [0.2, 0.25) is 0 Å². The van der Waals surface area contributed by atoms with Crippen LogP contribution in [-0.2, 0) is 9.53 Å². The van der Waals surface area contributed by atoms with E-state index in [2.05, 4.69) is 5.32 Å². The van der Waals surface area contributed by atoms with Crippen molar-refractivity contribution in [2.24, 2.45) is 5.92 Å². The van der Waals surface area contributed by atoms with Gasteiger partial charge in [0.05, 0.1) is 7.11 Å². The molecule has 1 heterocycles. The summed E-state index contributed by atoms with van der Waals surface area (Å²) in [7, 11) is 1.49. The number of hydrogen-bond acceptors (Lipinski definition) is 3. The quantitative estimate of drug-likeness (QED) is 0.651. The van der Waals surface area contributed by atoms with Crippen molar-refractivity contribution in [3.05, 3.63) is 0 Å². The normalized spacial score (nSPS) is 34.2. The number of rotatable bonds is 2. The first-order valence-electron chi connectivity index (χ1n) is 5.13. The maximum Gasteiger partial charge on any atom is 0.326 e. The Balaban J connectivity index is 2.13. The second kappa shape index (κ2) is 3.29. The topological polar surface area (TPSA) is 38.3 Å². The molecule has 1 saturated carbocycles. The Labute approximate surface area is 78.8 Å². The summed E-state index contributed by atoms with van der Waals surface area (Å²) in [6, 6.07) is 0. The Morgan fingerprint density at radius 2 is 2.23 bits per heavy atom. The van der Waals surface area contributed by atoms with Crippen LogP contribution in [0.2, 0.25) is 0 Å². The highest BCUT2D eigenvalue weighted by atomic mass is 16.5. The average molecular weight is 183 g/mol. The van der Waals surface area contributed by atoms with Crippen LogP contribution in [0.25, 0.3) is 0 Å². The van der Waals surface area contributed by atoms with Gasteiger partial charge < -0.3 is 10.1 Å². The Hall–Kier alpha value is -0.570. The second-order valence-electron chi connectivity index (χ2n) is 4.12. The van der Waals surface area contributed by atoms with E-state index >= 15 is 0 Å². The molecule has 0 amide bonds. The van der Waals surface area contributed by atoms with Gasteiger partial charge in [0.1, 0.15) is 5.54 Å². The zero-order valence-electron chi connectivity index (χ0n) is 8.14. The minimum Gasteiger partial charge on any atom is -0.468 e. The molecular weight excluding hydrogens is 166 g/mol.